The average molecular weight is 310 g/mol. The van der Waals surface area contributed by atoms with Crippen molar-refractivity contribution in [1.82, 2.24) is 0 Å². The smallest absolute Gasteiger partial charge is 0.196 e. The fourth-order valence-electron chi connectivity index (χ4n) is 2.53. The Kier molecular flexibility index (Phi) is 4.33. The molecule has 0 N–H and O–H groups in total. The van der Waals surface area contributed by atoms with E-state index in [1.54, 1.807) is 13.2 Å². The van der Waals surface area contributed by atoms with E-state index in [0.29, 0.717) is 35.0 Å². The van der Waals surface area contributed by atoms with Crippen molar-refractivity contribution in [3.63, 3.8) is 0 Å². The summed E-state index contributed by atoms with van der Waals surface area (Å²) < 4.78 is 16.5. The van der Waals surface area contributed by atoms with Gasteiger partial charge in [-0.25, -0.2) is 0 Å². The quantitative estimate of drug-likeness (QED) is 0.807. The van der Waals surface area contributed by atoms with Gasteiger partial charge in [0.15, 0.2) is 17.3 Å². The number of rotatable bonds is 4. The van der Waals surface area contributed by atoms with E-state index in [1.165, 1.54) is 0 Å². The summed E-state index contributed by atoms with van der Waals surface area (Å²) in [6, 6.07) is 12.9. The number of para-hydroxylation sites is 1. The first kappa shape index (κ1) is 15.2. The zero-order chi connectivity index (χ0) is 16.2. The molecule has 118 valence electrons. The van der Waals surface area contributed by atoms with Crippen LogP contribution >= 0.6 is 0 Å². The summed E-state index contributed by atoms with van der Waals surface area (Å²) in [7, 11) is 1.60. The molecule has 0 radical (unpaired) electrons. The molecule has 0 aliphatic carbocycles. The first-order chi connectivity index (χ1) is 11.2. The molecule has 4 nitrogen and oxygen atoms in total. The fourth-order valence-corrected chi connectivity index (χ4v) is 2.53. The first-order valence-electron chi connectivity index (χ1n) is 7.51. The molecule has 23 heavy (non-hydrogen) atoms. The molecule has 0 atom stereocenters. The van der Waals surface area contributed by atoms with Gasteiger partial charge >= 0.3 is 0 Å². The number of fused-ring (bicyclic) bond motifs is 1. The van der Waals surface area contributed by atoms with Crippen LogP contribution in [0, 0.1) is 0 Å². The Morgan fingerprint density at radius 3 is 2.78 bits per heavy atom. The van der Waals surface area contributed by atoms with Gasteiger partial charge < -0.3 is 14.2 Å². The maximum atomic E-state index is 12.6. The van der Waals surface area contributed by atoms with Gasteiger partial charge in [0.1, 0.15) is 12.4 Å². The van der Waals surface area contributed by atoms with Crippen LogP contribution in [0.3, 0.4) is 0 Å². The molecule has 1 heterocycles. The van der Waals surface area contributed by atoms with Gasteiger partial charge in [-0.3, -0.25) is 4.79 Å². The maximum absolute atomic E-state index is 12.6. The average Bonchev–Trinajstić information content (AvgIpc) is 2.58. The monoisotopic (exact) mass is 310 g/mol. The summed E-state index contributed by atoms with van der Waals surface area (Å²) in [5.41, 5.74) is 2.10. The Labute approximate surface area is 135 Å². The molecule has 1 aliphatic rings. The summed E-state index contributed by atoms with van der Waals surface area (Å²) >= 11 is 0. The van der Waals surface area contributed by atoms with Crippen LogP contribution in [0.4, 0.5) is 0 Å². The summed E-state index contributed by atoms with van der Waals surface area (Å²) in [6.07, 6.45) is 1.83. The van der Waals surface area contributed by atoms with E-state index in [2.05, 4.69) is 0 Å². The number of carbonyl (C=O) groups is 1. The molecule has 2 aromatic rings. The van der Waals surface area contributed by atoms with Crippen LogP contribution in [0.15, 0.2) is 48.0 Å². The van der Waals surface area contributed by atoms with Gasteiger partial charge in [-0.2, -0.15) is 0 Å². The van der Waals surface area contributed by atoms with Crippen LogP contribution in [0.5, 0.6) is 17.2 Å². The maximum Gasteiger partial charge on any atom is 0.196 e. The Bertz CT molecular complexity index is 762. The third-order valence-electron chi connectivity index (χ3n) is 3.63. The highest BCUT2D eigenvalue weighted by Gasteiger charge is 2.22. The summed E-state index contributed by atoms with van der Waals surface area (Å²) in [5.74, 6) is 1.97. The Balaban J connectivity index is 1.93. The highest BCUT2D eigenvalue weighted by Crippen LogP contribution is 2.31. The van der Waals surface area contributed by atoms with Crippen molar-refractivity contribution in [1.29, 1.82) is 0 Å². The minimum absolute atomic E-state index is 0.000581. The van der Waals surface area contributed by atoms with E-state index in [1.807, 2.05) is 49.4 Å². The molecule has 1 aliphatic heterocycles. The second-order valence-corrected chi connectivity index (χ2v) is 5.13. The third-order valence-corrected chi connectivity index (χ3v) is 3.63. The highest BCUT2D eigenvalue weighted by atomic mass is 16.5. The predicted octanol–water partition coefficient (Wildman–Crippen LogP) is 3.75. The van der Waals surface area contributed by atoms with Crippen molar-refractivity contribution in [2.75, 3.05) is 20.3 Å². The van der Waals surface area contributed by atoms with Crippen molar-refractivity contribution in [3.8, 4) is 17.2 Å². The number of ketones is 1. The molecule has 4 heteroatoms. The third kappa shape index (κ3) is 3.06. The minimum Gasteiger partial charge on any atom is -0.493 e. The summed E-state index contributed by atoms with van der Waals surface area (Å²) in [4.78, 5) is 12.6. The summed E-state index contributed by atoms with van der Waals surface area (Å²) in [5, 5.41) is 0. The molecular formula is C19H18O4. The van der Waals surface area contributed by atoms with Crippen molar-refractivity contribution < 1.29 is 19.0 Å². The molecular weight excluding hydrogens is 292 g/mol. The molecule has 0 bridgehead atoms. The Morgan fingerprint density at radius 2 is 2.00 bits per heavy atom. The standard InChI is InChI=1S/C19H18O4/c1-3-22-18-11-13(8-9-17(18)21-2)10-14-12-23-16-7-5-4-6-15(16)19(14)20/h4-11H,3,12H2,1-2H3/b14-10-. The number of methoxy groups -OCH3 is 1. The van der Waals surface area contributed by atoms with Crippen LogP contribution in [-0.4, -0.2) is 26.1 Å². The first-order valence-corrected chi connectivity index (χ1v) is 7.51. The Morgan fingerprint density at radius 1 is 1.17 bits per heavy atom. The second kappa shape index (κ2) is 6.57. The number of carbonyl (C=O) groups excluding carboxylic acids is 1. The number of ether oxygens (including phenoxy) is 3. The van der Waals surface area contributed by atoms with Crippen molar-refractivity contribution in [3.05, 3.63) is 59.2 Å². The lowest BCUT2D eigenvalue weighted by molar-refractivity contribution is 0.100. The van der Waals surface area contributed by atoms with Crippen molar-refractivity contribution in [2.45, 2.75) is 6.92 Å². The van der Waals surface area contributed by atoms with E-state index in [-0.39, 0.29) is 12.4 Å². The molecule has 0 saturated carbocycles. The molecule has 0 fully saturated rings. The second-order valence-electron chi connectivity index (χ2n) is 5.13. The normalized spacial score (nSPS) is 15.0. The molecule has 2 aromatic carbocycles. The lowest BCUT2D eigenvalue weighted by atomic mass is 9.98. The zero-order valence-electron chi connectivity index (χ0n) is 13.2. The number of Topliss-reactive ketones (excluding diaryl/α,β-unsaturated/α-hetero) is 1. The molecule has 0 unspecified atom stereocenters. The lowest BCUT2D eigenvalue weighted by Crippen LogP contribution is -2.18. The van der Waals surface area contributed by atoms with E-state index in [9.17, 15) is 4.79 Å². The van der Waals surface area contributed by atoms with E-state index in [4.69, 9.17) is 14.2 Å². The van der Waals surface area contributed by atoms with E-state index in [0.717, 1.165) is 5.56 Å². The van der Waals surface area contributed by atoms with Gasteiger partial charge in [-0.15, -0.1) is 0 Å². The highest BCUT2D eigenvalue weighted by molar-refractivity contribution is 6.14. The largest absolute Gasteiger partial charge is 0.493 e. The SMILES string of the molecule is CCOc1cc(/C=C2/COc3ccccc3C2=O)ccc1OC. The van der Waals surface area contributed by atoms with Crippen LogP contribution < -0.4 is 14.2 Å². The Hall–Kier alpha value is -2.75. The molecule has 0 aromatic heterocycles. The van der Waals surface area contributed by atoms with Gasteiger partial charge in [-0.05, 0) is 42.8 Å². The number of benzene rings is 2. The molecule has 3 rings (SSSR count). The molecule has 0 saturated heterocycles. The van der Waals surface area contributed by atoms with Gasteiger partial charge in [0.2, 0.25) is 0 Å². The van der Waals surface area contributed by atoms with E-state index < -0.39 is 0 Å². The van der Waals surface area contributed by atoms with Crippen molar-refractivity contribution >= 4 is 11.9 Å². The van der Waals surface area contributed by atoms with Crippen LogP contribution in [0.25, 0.3) is 6.08 Å². The molecule has 0 amide bonds. The van der Waals surface area contributed by atoms with E-state index >= 15 is 0 Å². The van der Waals surface area contributed by atoms with Gasteiger partial charge in [0.25, 0.3) is 0 Å². The lowest BCUT2D eigenvalue weighted by Gasteiger charge is -2.18. The topological polar surface area (TPSA) is 44.8 Å². The number of hydrogen-bond acceptors (Lipinski definition) is 4. The summed E-state index contributed by atoms with van der Waals surface area (Å²) in [6.45, 7) is 2.73. The zero-order valence-corrected chi connectivity index (χ0v) is 13.2. The van der Waals surface area contributed by atoms with Crippen molar-refractivity contribution in [2.24, 2.45) is 0 Å². The number of hydrogen-bond donors (Lipinski definition) is 0. The fraction of sp³-hybridized carbons (Fsp3) is 0.211. The van der Waals surface area contributed by atoms with Gasteiger partial charge in [-0.1, -0.05) is 18.2 Å². The van der Waals surface area contributed by atoms with Crippen LogP contribution in [0.1, 0.15) is 22.8 Å². The minimum atomic E-state index is 0.000581. The van der Waals surface area contributed by atoms with Crippen LogP contribution in [0.2, 0.25) is 0 Å². The van der Waals surface area contributed by atoms with Crippen LogP contribution in [-0.2, 0) is 0 Å². The molecule has 0 spiro atoms. The van der Waals surface area contributed by atoms with Gasteiger partial charge in [0, 0.05) is 5.57 Å². The predicted molar refractivity (Wildman–Crippen MR) is 88.4 cm³/mol. The van der Waals surface area contributed by atoms with Gasteiger partial charge in [0.05, 0.1) is 19.3 Å².